The topological polar surface area (TPSA) is 87.2 Å². The summed E-state index contributed by atoms with van der Waals surface area (Å²) in [6.45, 7) is 5.93. The lowest BCUT2D eigenvalue weighted by atomic mass is 10.0. The van der Waals surface area contributed by atoms with Gasteiger partial charge < -0.3 is 14.7 Å². The molecule has 0 unspecified atom stereocenters. The predicted molar refractivity (Wildman–Crippen MR) is 127 cm³/mol. The maximum atomic E-state index is 13.5. The van der Waals surface area contributed by atoms with E-state index in [4.69, 9.17) is 4.74 Å². The third-order valence-corrected chi connectivity index (χ3v) is 8.33. The van der Waals surface area contributed by atoms with Gasteiger partial charge in [0.25, 0.3) is 0 Å². The molecule has 1 heterocycles. The molecule has 3 atom stereocenters. The molecule has 1 aromatic rings. The van der Waals surface area contributed by atoms with Gasteiger partial charge in [-0.1, -0.05) is 25.7 Å². The van der Waals surface area contributed by atoms with E-state index in [1.165, 1.54) is 10.4 Å². The zero-order chi connectivity index (χ0) is 24.2. The van der Waals surface area contributed by atoms with Gasteiger partial charge in [-0.25, -0.2) is 8.42 Å². The Kier molecular flexibility index (Phi) is 8.43. The van der Waals surface area contributed by atoms with Gasteiger partial charge in [0.1, 0.15) is 16.7 Å². The molecular weight excluding hydrogens is 440 g/mol. The summed E-state index contributed by atoms with van der Waals surface area (Å²) in [6.07, 6.45) is 4.06. The molecule has 1 fully saturated rings. The van der Waals surface area contributed by atoms with Crippen LogP contribution in [0.5, 0.6) is 5.75 Å². The lowest BCUT2D eigenvalue weighted by Gasteiger charge is -2.37. The number of fused-ring (bicyclic) bond motifs is 1. The maximum Gasteiger partial charge on any atom is 0.247 e. The number of unbranched alkanes of at least 4 members (excludes halogenated alkanes) is 1. The number of amides is 1. The molecule has 33 heavy (non-hydrogen) atoms. The molecule has 0 radical (unpaired) electrons. The molecule has 0 spiro atoms. The largest absolute Gasteiger partial charge is 0.487 e. The molecule has 0 aromatic heterocycles. The first-order chi connectivity index (χ1) is 15.7. The zero-order valence-electron chi connectivity index (χ0n) is 20.1. The van der Waals surface area contributed by atoms with Crippen molar-refractivity contribution in [3.63, 3.8) is 0 Å². The van der Waals surface area contributed by atoms with Crippen LogP contribution in [0.3, 0.4) is 0 Å². The van der Waals surface area contributed by atoms with E-state index in [0.29, 0.717) is 24.4 Å². The van der Waals surface area contributed by atoms with Crippen molar-refractivity contribution < 1.29 is 23.1 Å². The molecule has 8 heteroatoms. The van der Waals surface area contributed by atoms with Gasteiger partial charge in [-0.05, 0) is 50.3 Å². The van der Waals surface area contributed by atoms with Crippen molar-refractivity contribution >= 4 is 15.9 Å². The van der Waals surface area contributed by atoms with Gasteiger partial charge in [-0.15, -0.1) is 0 Å². The third kappa shape index (κ3) is 6.28. The van der Waals surface area contributed by atoms with Crippen molar-refractivity contribution in [2.75, 3.05) is 26.7 Å². The first kappa shape index (κ1) is 25.5. The minimum Gasteiger partial charge on any atom is -0.487 e. The first-order valence-electron chi connectivity index (χ1n) is 11.8. The number of nitrogens with zero attached hydrogens (tertiary/aromatic N) is 2. The van der Waals surface area contributed by atoms with Gasteiger partial charge in [0.15, 0.2) is 0 Å². The van der Waals surface area contributed by atoms with E-state index in [-0.39, 0.29) is 35.6 Å². The molecule has 0 bridgehead atoms. The highest BCUT2D eigenvalue weighted by Gasteiger charge is 2.38. The van der Waals surface area contributed by atoms with Crippen molar-refractivity contribution in [1.29, 1.82) is 0 Å². The highest BCUT2D eigenvalue weighted by Crippen LogP contribution is 2.35. The van der Waals surface area contributed by atoms with Crippen LogP contribution in [0.25, 0.3) is 0 Å². The average molecular weight is 477 g/mol. The predicted octanol–water partition coefficient (Wildman–Crippen LogP) is 2.87. The van der Waals surface area contributed by atoms with Crippen LogP contribution in [0.4, 0.5) is 0 Å². The molecule has 1 saturated carbocycles. The molecule has 1 amide bonds. The van der Waals surface area contributed by atoms with E-state index in [9.17, 15) is 18.3 Å². The standard InChI is InChI=1S/C25H36N2O5S/c1-5-6-7-8-20-11-12-24-22(13-20)32-23(16-26(4)25(29)14-21-9-10-21)18(2)15-27(19(3)17-28)33(24,30)31/h11-13,18-19,21,23,28H,5-6,9-10,14-17H2,1-4H3/t18-,19-,23-/m1/s1. The summed E-state index contributed by atoms with van der Waals surface area (Å²) >= 11 is 0. The molecule has 1 N–H and O–H groups in total. The monoisotopic (exact) mass is 476 g/mol. The normalized spacial score (nSPS) is 23.2. The molecule has 1 aliphatic heterocycles. The van der Waals surface area contributed by atoms with Crippen LogP contribution >= 0.6 is 0 Å². The van der Waals surface area contributed by atoms with Crippen molar-refractivity contribution in [2.24, 2.45) is 11.8 Å². The lowest BCUT2D eigenvalue weighted by Crippen LogP contribution is -2.50. The summed E-state index contributed by atoms with van der Waals surface area (Å²) < 4.78 is 34.6. The molecule has 182 valence electrons. The fourth-order valence-corrected chi connectivity index (χ4v) is 5.73. The number of hydrogen-bond donors (Lipinski definition) is 1. The van der Waals surface area contributed by atoms with Gasteiger partial charge in [-0.3, -0.25) is 4.79 Å². The Morgan fingerprint density at radius 1 is 1.36 bits per heavy atom. The van der Waals surface area contributed by atoms with Crippen molar-refractivity contribution in [1.82, 2.24) is 9.21 Å². The van der Waals surface area contributed by atoms with Crippen molar-refractivity contribution in [2.45, 2.75) is 69.9 Å². The second-order valence-electron chi connectivity index (χ2n) is 9.37. The summed E-state index contributed by atoms with van der Waals surface area (Å²) in [5.74, 6) is 6.78. The Hall–Kier alpha value is -2.08. The number of carbonyl (C=O) groups is 1. The number of sulfonamides is 1. The molecule has 7 nitrogen and oxygen atoms in total. The maximum absolute atomic E-state index is 13.5. The Balaban J connectivity index is 1.97. The van der Waals surface area contributed by atoms with Crippen LogP contribution in [0.2, 0.25) is 0 Å². The van der Waals surface area contributed by atoms with E-state index >= 15 is 0 Å². The zero-order valence-corrected chi connectivity index (χ0v) is 20.9. The minimum absolute atomic E-state index is 0.0627. The molecule has 1 aliphatic carbocycles. The van der Waals surface area contributed by atoms with Gasteiger partial charge in [0, 0.05) is 44.0 Å². The molecule has 3 rings (SSSR count). The van der Waals surface area contributed by atoms with Crippen LogP contribution in [-0.4, -0.2) is 67.5 Å². The number of hydrogen-bond acceptors (Lipinski definition) is 5. The van der Waals surface area contributed by atoms with Crippen LogP contribution in [0.15, 0.2) is 23.1 Å². The average Bonchev–Trinajstić information content (AvgIpc) is 3.59. The number of carbonyl (C=O) groups excluding carboxylic acids is 1. The van der Waals surface area contributed by atoms with Crippen molar-refractivity contribution in [3.8, 4) is 17.6 Å². The Bertz CT molecular complexity index is 1010. The quantitative estimate of drug-likeness (QED) is 0.612. The second kappa shape index (κ2) is 10.9. The number of rotatable bonds is 7. The van der Waals surface area contributed by atoms with Crippen molar-refractivity contribution in [3.05, 3.63) is 23.8 Å². The Morgan fingerprint density at radius 2 is 2.09 bits per heavy atom. The summed E-state index contributed by atoms with van der Waals surface area (Å²) in [7, 11) is -2.11. The van der Waals surface area contributed by atoms with Gasteiger partial charge in [0.2, 0.25) is 15.9 Å². The Morgan fingerprint density at radius 3 is 2.73 bits per heavy atom. The fourth-order valence-electron chi connectivity index (χ4n) is 3.91. The number of benzene rings is 1. The summed E-state index contributed by atoms with van der Waals surface area (Å²) in [5.41, 5.74) is 0.685. The van der Waals surface area contributed by atoms with Crippen LogP contribution in [0.1, 0.15) is 58.4 Å². The SMILES string of the molecule is CCCC#Cc1ccc2c(c1)O[C@H](CN(C)C(=O)CC1CC1)[C@H](C)CN([C@H](C)CO)S2(=O)=O. The van der Waals surface area contributed by atoms with Crippen LogP contribution < -0.4 is 4.74 Å². The van der Waals surface area contributed by atoms with E-state index < -0.39 is 22.2 Å². The summed E-state index contributed by atoms with van der Waals surface area (Å²) in [4.78, 5) is 14.4. The lowest BCUT2D eigenvalue weighted by molar-refractivity contribution is -0.131. The first-order valence-corrected chi connectivity index (χ1v) is 13.3. The smallest absolute Gasteiger partial charge is 0.247 e. The highest BCUT2D eigenvalue weighted by atomic mass is 32.2. The molecular formula is C25H36N2O5S. The van der Waals surface area contributed by atoms with E-state index in [1.807, 2.05) is 6.92 Å². The minimum atomic E-state index is -3.89. The van der Waals surface area contributed by atoms with Gasteiger partial charge in [-0.2, -0.15) is 4.31 Å². The van der Waals surface area contributed by atoms with E-state index in [1.54, 1.807) is 31.0 Å². The number of ether oxygens (including phenoxy) is 1. The molecule has 2 aliphatic rings. The summed E-state index contributed by atoms with van der Waals surface area (Å²) in [6, 6.07) is 4.32. The highest BCUT2D eigenvalue weighted by molar-refractivity contribution is 7.89. The van der Waals surface area contributed by atoms with E-state index in [2.05, 4.69) is 18.8 Å². The van der Waals surface area contributed by atoms with Gasteiger partial charge >= 0.3 is 0 Å². The molecule has 0 saturated heterocycles. The second-order valence-corrected chi connectivity index (χ2v) is 11.2. The number of likely N-dealkylation sites (N-methyl/N-ethyl adjacent to an activating group) is 1. The molecule has 1 aromatic carbocycles. The third-order valence-electron chi connectivity index (χ3n) is 6.31. The van der Waals surface area contributed by atoms with Gasteiger partial charge in [0.05, 0.1) is 13.2 Å². The van der Waals surface area contributed by atoms with Crippen LogP contribution in [0, 0.1) is 23.7 Å². The van der Waals surface area contributed by atoms with Crippen LogP contribution in [-0.2, 0) is 14.8 Å². The Labute approximate surface area is 198 Å². The number of aliphatic hydroxyl groups excluding tert-OH is 1. The van der Waals surface area contributed by atoms with E-state index in [0.717, 1.165) is 25.7 Å². The fraction of sp³-hybridized carbons (Fsp3) is 0.640. The number of aliphatic hydroxyl groups is 1. The summed E-state index contributed by atoms with van der Waals surface area (Å²) in [5, 5.41) is 9.75.